The monoisotopic (exact) mass is 297 g/mol. The van der Waals surface area contributed by atoms with Gasteiger partial charge in [0.05, 0.1) is 14.2 Å². The molecule has 1 fully saturated rings. The molecule has 5 heteroatoms. The maximum Gasteiger partial charge on any atom is 0.248 e. The van der Waals surface area contributed by atoms with E-state index in [1.807, 2.05) is 12.1 Å². The molecule has 1 aliphatic carbocycles. The largest absolute Gasteiger partial charge is 0.493 e. The number of methoxy groups -OCH3 is 2. The summed E-state index contributed by atoms with van der Waals surface area (Å²) in [6.45, 7) is 2.49. The quantitative estimate of drug-likeness (QED) is 0.852. The van der Waals surface area contributed by atoms with Crippen LogP contribution in [0.25, 0.3) is 0 Å². The zero-order valence-electron chi connectivity index (χ0n) is 12.5. The number of halogens is 2. The Labute approximate surface area is 123 Å². The number of ether oxygens (including phenoxy) is 2. The molecule has 0 spiro atoms. The summed E-state index contributed by atoms with van der Waals surface area (Å²) in [5.41, 5.74) is 2.48. The number of hydrogen-bond donors (Lipinski definition) is 0. The molecule has 1 aliphatic heterocycles. The van der Waals surface area contributed by atoms with Gasteiger partial charge in [0.1, 0.15) is 0 Å². The van der Waals surface area contributed by atoms with Crippen molar-refractivity contribution in [2.24, 2.45) is 5.92 Å². The number of rotatable bonds is 4. The topological polar surface area (TPSA) is 21.7 Å². The average Bonchev–Trinajstić information content (AvgIpc) is 2.43. The van der Waals surface area contributed by atoms with Crippen LogP contribution >= 0.6 is 0 Å². The lowest BCUT2D eigenvalue weighted by molar-refractivity contribution is -0.117. The second kappa shape index (κ2) is 5.44. The van der Waals surface area contributed by atoms with Crippen molar-refractivity contribution in [2.75, 3.05) is 27.3 Å². The minimum absolute atomic E-state index is 0.0439. The first-order chi connectivity index (χ1) is 10.0. The van der Waals surface area contributed by atoms with Crippen molar-refractivity contribution >= 4 is 0 Å². The fourth-order valence-electron chi connectivity index (χ4n) is 3.38. The maximum absolute atomic E-state index is 12.9. The average molecular weight is 297 g/mol. The second-order valence-corrected chi connectivity index (χ2v) is 6.09. The third-order valence-corrected chi connectivity index (χ3v) is 4.49. The molecule has 3 nitrogen and oxygen atoms in total. The minimum Gasteiger partial charge on any atom is -0.493 e. The van der Waals surface area contributed by atoms with E-state index in [2.05, 4.69) is 4.90 Å². The van der Waals surface area contributed by atoms with Crippen LogP contribution in [-0.4, -0.2) is 38.1 Å². The lowest BCUT2D eigenvalue weighted by Gasteiger charge is -2.39. The van der Waals surface area contributed by atoms with Gasteiger partial charge in [0.2, 0.25) is 5.92 Å². The van der Waals surface area contributed by atoms with Crippen molar-refractivity contribution in [1.82, 2.24) is 4.90 Å². The highest BCUT2D eigenvalue weighted by molar-refractivity contribution is 5.48. The van der Waals surface area contributed by atoms with Crippen LogP contribution in [0.2, 0.25) is 0 Å². The molecule has 1 aromatic rings. The van der Waals surface area contributed by atoms with Crippen molar-refractivity contribution in [3.63, 3.8) is 0 Å². The smallest absolute Gasteiger partial charge is 0.248 e. The molecule has 3 rings (SSSR count). The summed E-state index contributed by atoms with van der Waals surface area (Å²) in [4.78, 5) is 2.27. The van der Waals surface area contributed by atoms with Gasteiger partial charge in [-0.25, -0.2) is 8.78 Å². The van der Waals surface area contributed by atoms with Gasteiger partial charge in [-0.2, -0.15) is 0 Å². The molecule has 21 heavy (non-hydrogen) atoms. The SMILES string of the molecule is COc1cc2c(cc1OC)CN(CC1CC(F)(F)C1)CC2. The van der Waals surface area contributed by atoms with Gasteiger partial charge in [0, 0.05) is 32.5 Å². The molecule has 0 atom stereocenters. The predicted molar refractivity (Wildman–Crippen MR) is 76.2 cm³/mol. The fraction of sp³-hybridized carbons (Fsp3) is 0.625. The third-order valence-electron chi connectivity index (χ3n) is 4.49. The van der Waals surface area contributed by atoms with E-state index in [0.717, 1.165) is 37.6 Å². The molecule has 0 amide bonds. The Balaban J connectivity index is 1.67. The molecule has 1 saturated carbocycles. The third kappa shape index (κ3) is 2.98. The van der Waals surface area contributed by atoms with Crippen molar-refractivity contribution in [3.8, 4) is 11.5 Å². The Morgan fingerprint density at radius 3 is 2.33 bits per heavy atom. The van der Waals surface area contributed by atoms with Crippen molar-refractivity contribution in [2.45, 2.75) is 31.7 Å². The highest BCUT2D eigenvalue weighted by Crippen LogP contribution is 2.43. The first-order valence-corrected chi connectivity index (χ1v) is 7.35. The van der Waals surface area contributed by atoms with Gasteiger partial charge in [-0.05, 0) is 35.6 Å². The zero-order valence-corrected chi connectivity index (χ0v) is 12.5. The predicted octanol–water partition coefficient (Wildman–Crippen LogP) is 3.11. The first kappa shape index (κ1) is 14.6. The summed E-state index contributed by atoms with van der Waals surface area (Å²) in [5, 5.41) is 0. The van der Waals surface area contributed by atoms with E-state index in [0.29, 0.717) is 0 Å². The molecule has 1 heterocycles. The van der Waals surface area contributed by atoms with Gasteiger partial charge in [0.25, 0.3) is 0 Å². The first-order valence-electron chi connectivity index (χ1n) is 7.35. The van der Waals surface area contributed by atoms with Crippen LogP contribution in [0.15, 0.2) is 12.1 Å². The molecular weight excluding hydrogens is 276 g/mol. The number of hydrogen-bond acceptors (Lipinski definition) is 3. The lowest BCUT2D eigenvalue weighted by Crippen LogP contribution is -2.43. The molecule has 0 aromatic heterocycles. The number of fused-ring (bicyclic) bond motifs is 1. The van der Waals surface area contributed by atoms with Crippen LogP contribution in [0.3, 0.4) is 0 Å². The van der Waals surface area contributed by atoms with E-state index < -0.39 is 5.92 Å². The van der Waals surface area contributed by atoms with Crippen molar-refractivity contribution in [3.05, 3.63) is 23.3 Å². The molecule has 0 N–H and O–H groups in total. The van der Waals surface area contributed by atoms with E-state index in [9.17, 15) is 8.78 Å². The van der Waals surface area contributed by atoms with Crippen LogP contribution in [0, 0.1) is 5.92 Å². The van der Waals surface area contributed by atoms with Crippen LogP contribution in [0.5, 0.6) is 11.5 Å². The van der Waals surface area contributed by atoms with Gasteiger partial charge < -0.3 is 9.47 Å². The van der Waals surface area contributed by atoms with Crippen LogP contribution in [-0.2, 0) is 13.0 Å². The van der Waals surface area contributed by atoms with E-state index in [1.54, 1.807) is 14.2 Å². The zero-order chi connectivity index (χ0) is 15.0. The Bertz CT molecular complexity index is 525. The fourth-order valence-corrected chi connectivity index (χ4v) is 3.38. The maximum atomic E-state index is 12.9. The number of benzene rings is 1. The number of alkyl halides is 2. The summed E-state index contributed by atoms with van der Waals surface area (Å²) in [7, 11) is 3.26. The summed E-state index contributed by atoms with van der Waals surface area (Å²) in [5.74, 6) is -0.798. The number of nitrogens with zero attached hydrogens (tertiary/aromatic N) is 1. The van der Waals surface area contributed by atoms with Crippen molar-refractivity contribution in [1.29, 1.82) is 0 Å². The van der Waals surface area contributed by atoms with Crippen LogP contribution in [0.4, 0.5) is 8.78 Å². The van der Waals surface area contributed by atoms with Gasteiger partial charge in [-0.3, -0.25) is 4.90 Å². The Morgan fingerprint density at radius 1 is 1.14 bits per heavy atom. The van der Waals surface area contributed by atoms with E-state index in [1.165, 1.54) is 11.1 Å². The van der Waals surface area contributed by atoms with Gasteiger partial charge >= 0.3 is 0 Å². The van der Waals surface area contributed by atoms with Crippen LogP contribution < -0.4 is 9.47 Å². The molecule has 116 valence electrons. The molecule has 0 bridgehead atoms. The van der Waals surface area contributed by atoms with E-state index in [-0.39, 0.29) is 18.8 Å². The molecule has 0 radical (unpaired) electrons. The lowest BCUT2D eigenvalue weighted by atomic mass is 9.80. The van der Waals surface area contributed by atoms with E-state index in [4.69, 9.17) is 9.47 Å². The summed E-state index contributed by atoms with van der Waals surface area (Å²) in [6.07, 6.45) is 1.02. The van der Waals surface area contributed by atoms with Gasteiger partial charge in [-0.15, -0.1) is 0 Å². The van der Waals surface area contributed by atoms with Crippen molar-refractivity contribution < 1.29 is 18.3 Å². The highest BCUT2D eigenvalue weighted by Gasteiger charge is 2.45. The molecule has 0 saturated heterocycles. The second-order valence-electron chi connectivity index (χ2n) is 6.09. The summed E-state index contributed by atoms with van der Waals surface area (Å²) in [6, 6.07) is 4.04. The summed E-state index contributed by atoms with van der Waals surface area (Å²) >= 11 is 0. The van der Waals surface area contributed by atoms with Gasteiger partial charge in [0.15, 0.2) is 11.5 Å². The Morgan fingerprint density at radius 2 is 1.76 bits per heavy atom. The highest BCUT2D eigenvalue weighted by atomic mass is 19.3. The molecule has 1 aromatic carbocycles. The summed E-state index contributed by atoms with van der Waals surface area (Å²) < 4.78 is 36.5. The normalized spacial score (nSPS) is 21.5. The molecule has 0 unspecified atom stereocenters. The van der Waals surface area contributed by atoms with Crippen LogP contribution in [0.1, 0.15) is 24.0 Å². The van der Waals surface area contributed by atoms with E-state index >= 15 is 0 Å². The Kier molecular flexibility index (Phi) is 3.78. The minimum atomic E-state index is -2.42. The molecule has 2 aliphatic rings. The standard InChI is InChI=1S/C16H21F2NO2/c1-20-14-5-12-3-4-19(9-11-7-16(17,18)8-11)10-13(12)6-15(14)21-2/h5-6,11H,3-4,7-10H2,1-2H3. The Hall–Kier alpha value is -1.36. The van der Waals surface area contributed by atoms with Gasteiger partial charge in [-0.1, -0.05) is 0 Å². The molecular formula is C16H21F2NO2.